The number of hydrogen-bond donors (Lipinski definition) is 1. The number of fused-ring (bicyclic) bond motifs is 2. The summed E-state index contributed by atoms with van der Waals surface area (Å²) in [6.07, 6.45) is 0. The van der Waals surface area contributed by atoms with E-state index in [1.165, 1.54) is 0 Å². The quantitative estimate of drug-likeness (QED) is 0.716. The van der Waals surface area contributed by atoms with Gasteiger partial charge in [0, 0.05) is 6.92 Å². The SMILES string of the molecule is CC(=O)O.Cc1ccc2cc1S2(=O)=O. The highest BCUT2D eigenvalue weighted by Crippen LogP contribution is 2.33. The number of benzene rings is 1. The lowest BCUT2D eigenvalue weighted by molar-refractivity contribution is -0.134. The van der Waals surface area contributed by atoms with Crippen molar-refractivity contribution < 1.29 is 18.3 Å². The van der Waals surface area contributed by atoms with E-state index in [4.69, 9.17) is 9.90 Å². The number of hydrogen-bond acceptors (Lipinski definition) is 3. The first-order valence-electron chi connectivity index (χ1n) is 3.91. The van der Waals surface area contributed by atoms with Gasteiger partial charge in [-0.1, -0.05) is 6.07 Å². The molecule has 1 N–H and O–H groups in total. The Bertz CT molecular complexity index is 466. The van der Waals surface area contributed by atoms with Crippen LogP contribution < -0.4 is 0 Å². The van der Waals surface area contributed by atoms with Crippen LogP contribution in [0.25, 0.3) is 0 Å². The van der Waals surface area contributed by atoms with E-state index in [0.717, 1.165) is 12.5 Å². The lowest BCUT2D eigenvalue weighted by Gasteiger charge is -2.16. The summed E-state index contributed by atoms with van der Waals surface area (Å²) < 4.78 is 22.1. The van der Waals surface area contributed by atoms with Gasteiger partial charge < -0.3 is 5.11 Å². The molecule has 0 aromatic heterocycles. The topological polar surface area (TPSA) is 71.4 Å². The number of carboxylic acid groups (broad SMARTS) is 1. The van der Waals surface area contributed by atoms with Gasteiger partial charge in [0.1, 0.15) is 0 Å². The number of aryl methyl sites for hydroxylation is 1. The molecule has 2 heterocycles. The maximum absolute atomic E-state index is 11.1. The molecule has 0 spiro atoms. The second-order valence-electron chi connectivity index (χ2n) is 2.95. The van der Waals surface area contributed by atoms with Gasteiger partial charge in [-0.25, -0.2) is 8.42 Å². The molecule has 0 saturated carbocycles. The monoisotopic (exact) mass is 214 g/mol. The van der Waals surface area contributed by atoms with Crippen molar-refractivity contribution >= 4 is 15.8 Å². The number of carbonyl (C=O) groups is 1. The van der Waals surface area contributed by atoms with E-state index in [0.29, 0.717) is 9.79 Å². The maximum Gasteiger partial charge on any atom is 0.300 e. The third-order valence-electron chi connectivity index (χ3n) is 1.76. The Morgan fingerprint density at radius 3 is 2.07 bits per heavy atom. The molecule has 76 valence electrons. The fraction of sp³-hybridized carbons (Fsp3) is 0.222. The van der Waals surface area contributed by atoms with E-state index in [1.54, 1.807) is 19.1 Å². The number of aliphatic carboxylic acids is 1. The molecule has 0 fully saturated rings. The number of carboxylic acids is 1. The molecule has 2 aliphatic rings. The summed E-state index contributed by atoms with van der Waals surface area (Å²) in [5.74, 6) is -0.833. The highest BCUT2D eigenvalue weighted by atomic mass is 32.2. The predicted molar refractivity (Wildman–Crippen MR) is 49.9 cm³/mol. The average Bonchev–Trinajstić information content (AvgIpc) is 2.02. The number of sulfone groups is 1. The fourth-order valence-electron chi connectivity index (χ4n) is 1.11. The second-order valence-corrected chi connectivity index (χ2v) is 4.87. The van der Waals surface area contributed by atoms with E-state index >= 15 is 0 Å². The first-order chi connectivity index (χ1) is 6.35. The molecule has 14 heavy (non-hydrogen) atoms. The third kappa shape index (κ3) is 1.77. The van der Waals surface area contributed by atoms with Crippen LogP contribution in [0, 0.1) is 6.92 Å². The normalized spacial score (nSPS) is 14.7. The molecule has 0 unspecified atom stereocenters. The Hall–Kier alpha value is -1.36. The summed E-state index contributed by atoms with van der Waals surface area (Å²) in [5.41, 5.74) is 0.843. The summed E-state index contributed by atoms with van der Waals surface area (Å²) >= 11 is 0. The predicted octanol–water partition coefficient (Wildman–Crippen LogP) is 1.23. The van der Waals surface area contributed by atoms with Crippen LogP contribution >= 0.6 is 0 Å². The second kappa shape index (κ2) is 3.42. The molecule has 3 rings (SSSR count). The Morgan fingerprint density at radius 2 is 1.86 bits per heavy atom. The van der Waals surface area contributed by atoms with Crippen LogP contribution in [0.3, 0.4) is 0 Å². The minimum absolute atomic E-state index is 0.452. The van der Waals surface area contributed by atoms with E-state index in [1.807, 2.05) is 6.07 Å². The van der Waals surface area contributed by atoms with Gasteiger partial charge >= 0.3 is 0 Å². The Morgan fingerprint density at radius 1 is 1.36 bits per heavy atom. The molecule has 0 aliphatic carbocycles. The molecule has 1 aromatic carbocycles. The third-order valence-corrected chi connectivity index (χ3v) is 3.65. The molecule has 0 saturated heterocycles. The van der Waals surface area contributed by atoms with Crippen LogP contribution in [-0.4, -0.2) is 19.5 Å². The van der Waals surface area contributed by atoms with E-state index in [-0.39, 0.29) is 0 Å². The molecule has 0 amide bonds. The smallest absolute Gasteiger partial charge is 0.300 e. The van der Waals surface area contributed by atoms with Crippen molar-refractivity contribution in [2.24, 2.45) is 0 Å². The highest BCUT2D eigenvalue weighted by Gasteiger charge is 2.29. The van der Waals surface area contributed by atoms with E-state index < -0.39 is 15.8 Å². The van der Waals surface area contributed by atoms with Crippen molar-refractivity contribution in [2.45, 2.75) is 23.6 Å². The zero-order valence-corrected chi connectivity index (χ0v) is 8.63. The van der Waals surface area contributed by atoms with Gasteiger partial charge in [-0.15, -0.1) is 0 Å². The zero-order chi connectivity index (χ0) is 10.9. The van der Waals surface area contributed by atoms with Crippen molar-refractivity contribution in [2.75, 3.05) is 0 Å². The summed E-state index contributed by atoms with van der Waals surface area (Å²) in [6.45, 7) is 2.88. The van der Waals surface area contributed by atoms with Crippen LogP contribution in [0.2, 0.25) is 0 Å². The van der Waals surface area contributed by atoms with Crippen LogP contribution in [0.5, 0.6) is 0 Å². The van der Waals surface area contributed by atoms with Crippen LogP contribution in [0.4, 0.5) is 0 Å². The zero-order valence-electron chi connectivity index (χ0n) is 7.81. The lowest BCUT2D eigenvalue weighted by Crippen LogP contribution is -2.13. The fourth-order valence-corrected chi connectivity index (χ4v) is 2.47. The van der Waals surface area contributed by atoms with Gasteiger partial charge in [-0.3, -0.25) is 4.79 Å². The van der Waals surface area contributed by atoms with Crippen molar-refractivity contribution in [1.29, 1.82) is 0 Å². The minimum Gasteiger partial charge on any atom is -0.481 e. The molecule has 4 nitrogen and oxygen atoms in total. The lowest BCUT2D eigenvalue weighted by atomic mass is 10.2. The van der Waals surface area contributed by atoms with Gasteiger partial charge in [0.05, 0.1) is 9.79 Å². The minimum atomic E-state index is -2.96. The van der Waals surface area contributed by atoms with Crippen molar-refractivity contribution in [1.82, 2.24) is 0 Å². The molecule has 1 aromatic rings. The van der Waals surface area contributed by atoms with Crippen molar-refractivity contribution in [3.8, 4) is 0 Å². The Kier molecular flexibility index (Phi) is 2.62. The molecule has 2 bridgehead atoms. The summed E-state index contributed by atoms with van der Waals surface area (Å²) in [5, 5.41) is 7.42. The van der Waals surface area contributed by atoms with Gasteiger partial charge in [0.15, 0.2) is 0 Å². The summed E-state index contributed by atoms with van der Waals surface area (Å²) in [6, 6.07) is 5.16. The molecule has 5 heteroatoms. The summed E-state index contributed by atoms with van der Waals surface area (Å²) in [4.78, 5) is 9.94. The van der Waals surface area contributed by atoms with Crippen molar-refractivity contribution in [3.63, 3.8) is 0 Å². The van der Waals surface area contributed by atoms with Crippen LogP contribution in [0.15, 0.2) is 28.0 Å². The van der Waals surface area contributed by atoms with Gasteiger partial charge in [-0.2, -0.15) is 0 Å². The summed E-state index contributed by atoms with van der Waals surface area (Å²) in [7, 11) is -2.96. The van der Waals surface area contributed by atoms with Crippen LogP contribution in [0.1, 0.15) is 12.5 Å². The highest BCUT2D eigenvalue weighted by molar-refractivity contribution is 7.92. The molecule has 2 aliphatic heterocycles. The largest absolute Gasteiger partial charge is 0.481 e. The standard InChI is InChI=1S/C7H6O2S.C2H4O2/c1-5-2-3-6-4-7(5)10(6,8)9;1-2(3)4/h2-4H,1H3;1H3,(H,3,4). The Labute approximate surface area is 82.1 Å². The molecular formula is C9H10O4S. The average molecular weight is 214 g/mol. The Balaban J connectivity index is 0.000000213. The van der Waals surface area contributed by atoms with Crippen molar-refractivity contribution in [3.05, 3.63) is 23.8 Å². The first-order valence-corrected chi connectivity index (χ1v) is 5.39. The molecule has 0 radical (unpaired) electrons. The first kappa shape index (κ1) is 10.7. The van der Waals surface area contributed by atoms with Gasteiger partial charge in [0.25, 0.3) is 5.97 Å². The maximum atomic E-state index is 11.1. The van der Waals surface area contributed by atoms with E-state index in [9.17, 15) is 8.42 Å². The molecular weight excluding hydrogens is 204 g/mol. The van der Waals surface area contributed by atoms with Gasteiger partial charge in [-0.05, 0) is 24.6 Å². The number of rotatable bonds is 0. The van der Waals surface area contributed by atoms with Crippen LogP contribution in [-0.2, 0) is 14.6 Å². The van der Waals surface area contributed by atoms with Gasteiger partial charge in [0.2, 0.25) is 9.84 Å². The van der Waals surface area contributed by atoms with E-state index in [2.05, 4.69) is 0 Å². The molecule has 0 atom stereocenters.